The molecule has 4 aromatic rings. The summed E-state index contributed by atoms with van der Waals surface area (Å²) < 4.78 is 2.82. The highest BCUT2D eigenvalue weighted by Crippen LogP contribution is 2.32. The Bertz CT molecular complexity index is 1070. The molecule has 0 spiro atoms. The summed E-state index contributed by atoms with van der Waals surface area (Å²) in [6, 6.07) is 10.1. The molecule has 0 atom stereocenters. The number of aromatic nitrogens is 4. The monoisotopic (exact) mass is 473 g/mol. The fourth-order valence-corrected chi connectivity index (χ4v) is 5.02. The summed E-state index contributed by atoms with van der Waals surface area (Å²) in [6.45, 7) is 1.14. The van der Waals surface area contributed by atoms with Crippen LogP contribution >= 0.6 is 38.6 Å². The predicted molar refractivity (Wildman–Crippen MR) is 114 cm³/mol. The van der Waals surface area contributed by atoms with Gasteiger partial charge in [0.1, 0.15) is 17.7 Å². The molecule has 3 heterocycles. The summed E-state index contributed by atoms with van der Waals surface area (Å²) in [5, 5.41) is 12.0. The Kier molecular flexibility index (Phi) is 5.94. The molecule has 0 bridgehead atoms. The van der Waals surface area contributed by atoms with Crippen molar-refractivity contribution in [2.24, 2.45) is 0 Å². The third-order valence-electron chi connectivity index (χ3n) is 3.96. The Labute approximate surface area is 178 Å². The molecule has 1 amide bonds. The number of hydrogen-bond donors (Lipinski definition) is 1. The van der Waals surface area contributed by atoms with E-state index in [1.165, 1.54) is 6.33 Å². The molecule has 0 saturated heterocycles. The Morgan fingerprint density at radius 1 is 1.18 bits per heavy atom. The number of hydrogen-bond acceptors (Lipinski definition) is 6. The minimum atomic E-state index is -0.0362. The van der Waals surface area contributed by atoms with E-state index in [1.807, 2.05) is 35.0 Å². The first-order chi connectivity index (χ1) is 13.7. The number of nitrogens with one attached hydrogen (secondary N) is 1. The first-order valence-corrected chi connectivity index (χ1v) is 11.1. The van der Waals surface area contributed by atoms with E-state index in [-0.39, 0.29) is 12.3 Å². The van der Waals surface area contributed by atoms with Crippen molar-refractivity contribution in [3.8, 4) is 9.88 Å². The van der Waals surface area contributed by atoms with Crippen molar-refractivity contribution in [1.29, 1.82) is 0 Å². The van der Waals surface area contributed by atoms with Crippen molar-refractivity contribution < 1.29 is 4.79 Å². The number of nitrogens with zero attached hydrogens (tertiary/aromatic N) is 4. The molecule has 1 N–H and O–H groups in total. The van der Waals surface area contributed by atoms with Gasteiger partial charge in [-0.05, 0) is 33.1 Å². The van der Waals surface area contributed by atoms with Crippen LogP contribution in [0.4, 0.5) is 0 Å². The van der Waals surface area contributed by atoms with Gasteiger partial charge >= 0.3 is 0 Å². The summed E-state index contributed by atoms with van der Waals surface area (Å²) in [7, 11) is 0. The van der Waals surface area contributed by atoms with Gasteiger partial charge in [-0.3, -0.25) is 4.79 Å². The highest BCUT2D eigenvalue weighted by atomic mass is 79.9. The molecule has 6 nitrogen and oxygen atoms in total. The van der Waals surface area contributed by atoms with Crippen LogP contribution in [0.3, 0.4) is 0 Å². The van der Waals surface area contributed by atoms with Crippen molar-refractivity contribution >= 4 is 44.5 Å². The zero-order valence-electron chi connectivity index (χ0n) is 14.7. The van der Waals surface area contributed by atoms with E-state index in [2.05, 4.69) is 42.4 Å². The van der Waals surface area contributed by atoms with Crippen LogP contribution in [0.2, 0.25) is 0 Å². The lowest BCUT2D eigenvalue weighted by atomic mass is 10.1. The molecule has 9 heteroatoms. The van der Waals surface area contributed by atoms with Gasteiger partial charge in [-0.1, -0.05) is 24.3 Å². The number of carbonyl (C=O) groups is 1. The lowest BCUT2D eigenvalue weighted by molar-refractivity contribution is -0.120. The average molecular weight is 474 g/mol. The number of rotatable bonds is 7. The van der Waals surface area contributed by atoms with Crippen LogP contribution in [0.5, 0.6) is 0 Å². The highest BCUT2D eigenvalue weighted by molar-refractivity contribution is 9.10. The van der Waals surface area contributed by atoms with Gasteiger partial charge in [-0.15, -0.1) is 22.7 Å². The van der Waals surface area contributed by atoms with Gasteiger partial charge < -0.3 is 5.32 Å². The Balaban J connectivity index is 1.32. The van der Waals surface area contributed by atoms with E-state index < -0.39 is 0 Å². The van der Waals surface area contributed by atoms with Gasteiger partial charge in [0.15, 0.2) is 0 Å². The maximum absolute atomic E-state index is 12.3. The Morgan fingerprint density at radius 3 is 2.86 bits per heavy atom. The van der Waals surface area contributed by atoms with Crippen LogP contribution in [-0.2, 0) is 24.3 Å². The SMILES string of the molecule is O=C(Cc1csc(-c2cc(Br)cs2)n1)NCc1cccc(Cn2cncn2)c1. The van der Waals surface area contributed by atoms with E-state index in [9.17, 15) is 4.79 Å². The minimum absolute atomic E-state index is 0.0362. The van der Waals surface area contributed by atoms with Crippen LogP contribution < -0.4 is 5.32 Å². The molecule has 0 fully saturated rings. The maximum atomic E-state index is 12.3. The summed E-state index contributed by atoms with van der Waals surface area (Å²) in [5.74, 6) is -0.0362. The van der Waals surface area contributed by atoms with Crippen molar-refractivity contribution in [2.75, 3.05) is 0 Å². The molecular formula is C19H16BrN5OS2. The Hall–Kier alpha value is -2.36. The fourth-order valence-electron chi connectivity index (χ4n) is 2.69. The Morgan fingerprint density at radius 2 is 2.07 bits per heavy atom. The molecule has 0 unspecified atom stereocenters. The minimum Gasteiger partial charge on any atom is -0.352 e. The van der Waals surface area contributed by atoms with Crippen LogP contribution in [0.25, 0.3) is 9.88 Å². The summed E-state index contributed by atoms with van der Waals surface area (Å²) in [4.78, 5) is 21.9. The average Bonchev–Trinajstić information content (AvgIpc) is 3.43. The van der Waals surface area contributed by atoms with E-state index in [0.29, 0.717) is 13.1 Å². The molecule has 0 saturated carbocycles. The van der Waals surface area contributed by atoms with Crippen LogP contribution in [0, 0.1) is 0 Å². The molecule has 1 aromatic carbocycles. The van der Waals surface area contributed by atoms with Crippen molar-refractivity contribution in [1.82, 2.24) is 25.1 Å². The van der Waals surface area contributed by atoms with Gasteiger partial charge in [0.2, 0.25) is 5.91 Å². The zero-order chi connectivity index (χ0) is 19.3. The fraction of sp³-hybridized carbons (Fsp3) is 0.158. The van der Waals surface area contributed by atoms with Gasteiger partial charge in [-0.2, -0.15) is 5.10 Å². The van der Waals surface area contributed by atoms with E-state index in [4.69, 9.17) is 0 Å². The van der Waals surface area contributed by atoms with Crippen molar-refractivity contribution in [3.63, 3.8) is 0 Å². The molecule has 0 aliphatic carbocycles. The smallest absolute Gasteiger partial charge is 0.226 e. The molecule has 142 valence electrons. The number of halogens is 1. The van der Waals surface area contributed by atoms with Gasteiger partial charge in [-0.25, -0.2) is 14.6 Å². The maximum Gasteiger partial charge on any atom is 0.226 e. The number of amides is 1. The molecule has 3 aromatic heterocycles. The number of thiophene rings is 1. The van der Waals surface area contributed by atoms with E-state index in [1.54, 1.807) is 33.7 Å². The van der Waals surface area contributed by atoms with E-state index in [0.717, 1.165) is 31.2 Å². The molecule has 0 aliphatic heterocycles. The predicted octanol–water partition coefficient (Wildman–Crippen LogP) is 4.13. The van der Waals surface area contributed by atoms with Crippen LogP contribution in [0.15, 0.2) is 58.2 Å². The first-order valence-electron chi connectivity index (χ1n) is 8.51. The van der Waals surface area contributed by atoms with Crippen molar-refractivity contribution in [3.05, 3.63) is 75.0 Å². The second-order valence-electron chi connectivity index (χ2n) is 6.14. The van der Waals surface area contributed by atoms with Gasteiger partial charge in [0, 0.05) is 21.8 Å². The summed E-state index contributed by atoms with van der Waals surface area (Å²) in [5.41, 5.74) is 2.96. The summed E-state index contributed by atoms with van der Waals surface area (Å²) in [6.07, 6.45) is 3.48. The van der Waals surface area contributed by atoms with Crippen LogP contribution in [-0.4, -0.2) is 25.7 Å². The molecule has 0 radical (unpaired) electrons. The molecule has 28 heavy (non-hydrogen) atoms. The lowest BCUT2D eigenvalue weighted by Crippen LogP contribution is -2.24. The molecule has 4 rings (SSSR count). The normalized spacial score (nSPS) is 10.9. The standard InChI is InChI=1S/C19H16BrN5OS2/c20-15-5-17(27-9-15)19-24-16(10-28-19)6-18(26)22-7-13-2-1-3-14(4-13)8-25-12-21-11-23-25/h1-5,9-12H,6-8H2,(H,22,26). The van der Waals surface area contributed by atoms with Crippen LogP contribution in [0.1, 0.15) is 16.8 Å². The summed E-state index contributed by atoms with van der Waals surface area (Å²) >= 11 is 6.65. The number of carbonyl (C=O) groups excluding carboxylic acids is 1. The molecular weight excluding hydrogens is 458 g/mol. The zero-order valence-corrected chi connectivity index (χ0v) is 17.9. The van der Waals surface area contributed by atoms with Crippen molar-refractivity contribution in [2.45, 2.75) is 19.5 Å². The molecule has 0 aliphatic rings. The highest BCUT2D eigenvalue weighted by Gasteiger charge is 2.10. The first kappa shape index (κ1) is 19.0. The largest absolute Gasteiger partial charge is 0.352 e. The number of thiazole rings is 1. The van der Waals surface area contributed by atoms with Gasteiger partial charge in [0.05, 0.1) is 23.5 Å². The topological polar surface area (TPSA) is 72.7 Å². The lowest BCUT2D eigenvalue weighted by Gasteiger charge is -2.07. The van der Waals surface area contributed by atoms with E-state index >= 15 is 0 Å². The second kappa shape index (κ2) is 8.76. The number of benzene rings is 1. The third-order valence-corrected chi connectivity index (χ3v) is 6.72. The quantitative estimate of drug-likeness (QED) is 0.437. The van der Waals surface area contributed by atoms with Gasteiger partial charge in [0.25, 0.3) is 0 Å². The third kappa shape index (κ3) is 4.92. The second-order valence-corrected chi connectivity index (χ2v) is 8.82.